The van der Waals surface area contributed by atoms with Crippen LogP contribution in [0.25, 0.3) is 0 Å². The quantitative estimate of drug-likeness (QED) is 0.458. The van der Waals surface area contributed by atoms with E-state index >= 15 is 0 Å². The number of oxime groups is 1. The van der Waals surface area contributed by atoms with E-state index in [1.165, 1.54) is 0 Å². The first kappa shape index (κ1) is 13.6. The molecule has 0 bridgehead atoms. The average Bonchev–Trinajstić information content (AvgIpc) is 2.30. The molecule has 0 aliphatic rings. The average molecular weight is 253 g/mol. The molecule has 17 heavy (non-hydrogen) atoms. The van der Waals surface area contributed by atoms with Crippen molar-refractivity contribution < 1.29 is 13.8 Å². The lowest BCUT2D eigenvalue weighted by Gasteiger charge is -2.08. The summed E-state index contributed by atoms with van der Waals surface area (Å²) in [5, 5.41) is 3.65. The number of rotatable bonds is 5. The van der Waals surface area contributed by atoms with E-state index in [4.69, 9.17) is 4.84 Å². The minimum atomic E-state index is -1.54. The molecule has 2 atom stereocenters. The molecule has 4 nitrogen and oxygen atoms in total. The monoisotopic (exact) mass is 253 g/mol. The molecule has 0 aliphatic carbocycles. The minimum absolute atomic E-state index is 0.502. The Bertz CT molecular complexity index is 436. The van der Waals surface area contributed by atoms with Crippen LogP contribution in [-0.2, 0) is 20.4 Å². The van der Waals surface area contributed by atoms with Crippen molar-refractivity contribution in [1.29, 1.82) is 0 Å². The van der Waals surface area contributed by atoms with E-state index in [0.29, 0.717) is 16.9 Å². The van der Waals surface area contributed by atoms with Gasteiger partial charge >= 0.3 is 0 Å². The molecular formula is C12H15NO3S. The van der Waals surface area contributed by atoms with Crippen molar-refractivity contribution in [2.24, 2.45) is 5.16 Å². The van der Waals surface area contributed by atoms with Crippen molar-refractivity contribution >= 4 is 22.8 Å². The van der Waals surface area contributed by atoms with Crippen molar-refractivity contribution in [2.45, 2.75) is 31.1 Å². The highest BCUT2D eigenvalue weighted by Gasteiger charge is 2.19. The Morgan fingerprint density at radius 1 is 1.35 bits per heavy atom. The van der Waals surface area contributed by atoms with E-state index in [2.05, 4.69) is 5.16 Å². The van der Waals surface area contributed by atoms with Gasteiger partial charge < -0.3 is 4.84 Å². The molecule has 1 rings (SSSR count). The van der Waals surface area contributed by atoms with Crippen LogP contribution in [0.5, 0.6) is 0 Å². The summed E-state index contributed by atoms with van der Waals surface area (Å²) in [5.74, 6) is 0. The predicted octanol–water partition coefficient (Wildman–Crippen LogP) is 2.04. The summed E-state index contributed by atoms with van der Waals surface area (Å²) in [5.41, 5.74) is 0.669. The number of benzene rings is 1. The summed E-state index contributed by atoms with van der Waals surface area (Å²) in [6, 6.07) is 7.11. The highest BCUT2D eigenvalue weighted by atomic mass is 32.2. The lowest BCUT2D eigenvalue weighted by Crippen LogP contribution is -2.19. The Kier molecular flexibility index (Phi) is 5.03. The van der Waals surface area contributed by atoms with Crippen molar-refractivity contribution in [3.05, 3.63) is 29.8 Å². The maximum absolute atomic E-state index is 12.0. The van der Waals surface area contributed by atoms with E-state index in [0.717, 1.165) is 5.56 Å². The van der Waals surface area contributed by atoms with Gasteiger partial charge in [0.25, 0.3) is 5.44 Å². The molecule has 0 N–H and O–H groups in total. The van der Waals surface area contributed by atoms with Gasteiger partial charge in [0.2, 0.25) is 0 Å². The van der Waals surface area contributed by atoms with Gasteiger partial charge in [-0.3, -0.25) is 4.79 Å². The van der Waals surface area contributed by atoms with Crippen molar-refractivity contribution in [3.63, 3.8) is 0 Å². The molecule has 0 saturated heterocycles. The van der Waals surface area contributed by atoms with Crippen LogP contribution >= 0.6 is 0 Å². The summed E-state index contributed by atoms with van der Waals surface area (Å²) < 4.78 is 12.0. The first-order valence-electron chi connectivity index (χ1n) is 5.14. The number of aryl methyl sites for hydroxylation is 1. The van der Waals surface area contributed by atoms with E-state index in [1.807, 2.05) is 19.1 Å². The van der Waals surface area contributed by atoms with Crippen molar-refractivity contribution in [2.75, 3.05) is 0 Å². The normalized spacial score (nSPS) is 13.6. The zero-order chi connectivity index (χ0) is 12.8. The van der Waals surface area contributed by atoms with Crippen LogP contribution in [0.3, 0.4) is 0 Å². The summed E-state index contributed by atoms with van der Waals surface area (Å²) in [6.07, 6.45) is 0.502. The molecule has 1 unspecified atom stereocenters. The van der Waals surface area contributed by atoms with Crippen LogP contribution in [0, 0.1) is 6.92 Å². The van der Waals surface area contributed by atoms with Crippen LogP contribution in [-0.4, -0.2) is 21.6 Å². The van der Waals surface area contributed by atoms with Gasteiger partial charge in [0.15, 0.2) is 6.29 Å². The Hall–Kier alpha value is -1.49. The zero-order valence-electron chi connectivity index (χ0n) is 10.0. The molecule has 0 aromatic heterocycles. The standard InChI is InChI=1S/C12H15NO3S/c1-9(2)13-16-12(8-14)17(15)11-6-4-10(3)5-7-11/h4-8,12H,1-3H3/t12-,17?/m0/s1. The van der Waals surface area contributed by atoms with Gasteiger partial charge in [0.05, 0.1) is 5.71 Å². The largest absolute Gasteiger partial charge is 0.371 e. The lowest BCUT2D eigenvalue weighted by molar-refractivity contribution is -0.113. The third kappa shape index (κ3) is 4.11. The number of aldehydes is 1. The van der Waals surface area contributed by atoms with E-state index in [1.54, 1.807) is 26.0 Å². The van der Waals surface area contributed by atoms with Gasteiger partial charge in [-0.2, -0.15) is 0 Å². The van der Waals surface area contributed by atoms with Crippen molar-refractivity contribution in [3.8, 4) is 0 Å². The molecule has 1 aromatic rings. The molecule has 0 aliphatic heterocycles. The fraction of sp³-hybridized carbons (Fsp3) is 0.333. The second-order valence-corrected chi connectivity index (χ2v) is 5.29. The molecular weight excluding hydrogens is 238 g/mol. The number of hydrogen-bond donors (Lipinski definition) is 0. The SMILES string of the molecule is CC(C)=NO[C@H](C=O)S(=O)c1ccc(C)cc1. The van der Waals surface area contributed by atoms with Gasteiger partial charge in [-0.15, -0.1) is 0 Å². The summed E-state index contributed by atoms with van der Waals surface area (Å²) in [6.45, 7) is 5.40. The molecule has 0 fully saturated rings. The van der Waals surface area contributed by atoms with E-state index in [9.17, 15) is 9.00 Å². The third-order valence-corrected chi connectivity index (χ3v) is 3.27. The molecule has 0 saturated carbocycles. The highest BCUT2D eigenvalue weighted by Crippen LogP contribution is 2.12. The molecule has 92 valence electrons. The second-order valence-electron chi connectivity index (χ2n) is 3.76. The zero-order valence-corrected chi connectivity index (χ0v) is 10.9. The van der Waals surface area contributed by atoms with Crippen molar-refractivity contribution in [1.82, 2.24) is 0 Å². The van der Waals surface area contributed by atoms with Gasteiger partial charge in [-0.1, -0.05) is 22.9 Å². The van der Waals surface area contributed by atoms with Gasteiger partial charge in [0.1, 0.15) is 10.8 Å². The summed E-state index contributed by atoms with van der Waals surface area (Å²) in [7, 11) is -1.54. The van der Waals surface area contributed by atoms with Gasteiger partial charge in [-0.25, -0.2) is 4.21 Å². The fourth-order valence-electron chi connectivity index (χ4n) is 1.08. The number of hydrogen-bond acceptors (Lipinski definition) is 4. The first-order valence-corrected chi connectivity index (χ1v) is 6.35. The topological polar surface area (TPSA) is 55.7 Å². The number of carbonyl (C=O) groups excluding carboxylic acids is 1. The Morgan fingerprint density at radius 3 is 2.41 bits per heavy atom. The lowest BCUT2D eigenvalue weighted by atomic mass is 10.2. The molecule has 0 spiro atoms. The summed E-state index contributed by atoms with van der Waals surface area (Å²) in [4.78, 5) is 16.3. The Labute approximate surface area is 103 Å². The molecule has 0 heterocycles. The smallest absolute Gasteiger partial charge is 0.260 e. The van der Waals surface area contributed by atoms with Gasteiger partial charge in [-0.05, 0) is 32.9 Å². The van der Waals surface area contributed by atoms with Gasteiger partial charge in [0, 0.05) is 4.90 Å². The molecule has 0 radical (unpaired) electrons. The minimum Gasteiger partial charge on any atom is -0.371 e. The third-order valence-electron chi connectivity index (χ3n) is 1.91. The molecule has 0 amide bonds. The number of nitrogens with zero attached hydrogens (tertiary/aromatic N) is 1. The van der Waals surface area contributed by atoms with Crippen LogP contribution in [0.2, 0.25) is 0 Å². The highest BCUT2D eigenvalue weighted by molar-refractivity contribution is 7.86. The Balaban J connectivity index is 2.82. The maximum atomic E-state index is 12.0. The summed E-state index contributed by atoms with van der Waals surface area (Å²) >= 11 is 0. The predicted molar refractivity (Wildman–Crippen MR) is 67.3 cm³/mol. The molecule has 5 heteroatoms. The van der Waals surface area contributed by atoms with E-state index in [-0.39, 0.29) is 0 Å². The van der Waals surface area contributed by atoms with Crippen LogP contribution in [0.4, 0.5) is 0 Å². The fourth-order valence-corrected chi connectivity index (χ4v) is 1.97. The van der Waals surface area contributed by atoms with E-state index < -0.39 is 16.2 Å². The van der Waals surface area contributed by atoms with Crippen LogP contribution < -0.4 is 0 Å². The second kappa shape index (κ2) is 6.30. The van der Waals surface area contributed by atoms with Crippen LogP contribution in [0.15, 0.2) is 34.3 Å². The first-order chi connectivity index (χ1) is 8.04. The Morgan fingerprint density at radius 2 is 1.94 bits per heavy atom. The maximum Gasteiger partial charge on any atom is 0.260 e. The number of carbonyl (C=O) groups is 1. The van der Waals surface area contributed by atoms with Crippen LogP contribution in [0.1, 0.15) is 19.4 Å². The molecule has 1 aromatic carbocycles.